The Morgan fingerprint density at radius 2 is 0.929 bits per heavy atom. The van der Waals surface area contributed by atoms with Gasteiger partial charge in [0.2, 0.25) is 0 Å². The van der Waals surface area contributed by atoms with Crippen molar-refractivity contribution in [2.24, 2.45) is 0 Å². The van der Waals surface area contributed by atoms with Crippen molar-refractivity contribution in [2.75, 3.05) is 6.54 Å². The largest absolute Gasteiger partial charge is 0.312 e. The SMILES string of the molecule is CC(C)(C)c1ccc2c(c1)CCNC2.CC(C)(C)c1ccc2ccncc2c1.CC(C)(C)c1ccc2cnccc2c1.CC(C)(C)c1ccc2ncccc2c1. The van der Waals surface area contributed by atoms with E-state index in [1.54, 1.807) is 0 Å². The molecule has 4 aromatic carbocycles. The summed E-state index contributed by atoms with van der Waals surface area (Å²) in [6.07, 6.45) is 10.5. The Hall–Kier alpha value is -4.93. The van der Waals surface area contributed by atoms with Gasteiger partial charge in [0.05, 0.1) is 5.52 Å². The quantitative estimate of drug-likeness (QED) is 0.168. The molecule has 1 aliphatic heterocycles. The molecule has 3 aromatic heterocycles. The minimum Gasteiger partial charge on any atom is -0.312 e. The number of hydrogen-bond acceptors (Lipinski definition) is 4. The molecule has 8 rings (SSSR count). The predicted octanol–water partition coefficient (Wildman–Crippen LogP) is 13.2. The second-order valence-electron chi connectivity index (χ2n) is 19.2. The first kappa shape index (κ1) is 42.2. The lowest BCUT2D eigenvalue weighted by Gasteiger charge is -2.23. The van der Waals surface area contributed by atoms with Gasteiger partial charge in [-0.1, -0.05) is 144 Å². The minimum atomic E-state index is 0.212. The molecule has 0 amide bonds. The van der Waals surface area contributed by atoms with Crippen LogP contribution in [0.25, 0.3) is 32.4 Å². The second-order valence-corrected chi connectivity index (χ2v) is 19.2. The summed E-state index contributed by atoms with van der Waals surface area (Å²) < 4.78 is 0. The monoisotopic (exact) mass is 745 g/mol. The van der Waals surface area contributed by atoms with Crippen molar-refractivity contribution < 1.29 is 0 Å². The maximum absolute atomic E-state index is 4.30. The number of rotatable bonds is 0. The Bertz CT molecular complexity index is 2150. The van der Waals surface area contributed by atoms with Crippen LogP contribution in [-0.2, 0) is 34.6 Å². The average molecular weight is 745 g/mol. The molecule has 56 heavy (non-hydrogen) atoms. The van der Waals surface area contributed by atoms with Crippen LogP contribution < -0.4 is 5.32 Å². The first-order valence-corrected chi connectivity index (χ1v) is 20.2. The summed E-state index contributed by atoms with van der Waals surface area (Å²) in [6.45, 7) is 29.0. The van der Waals surface area contributed by atoms with Gasteiger partial charge in [-0.05, 0) is 115 Å². The summed E-state index contributed by atoms with van der Waals surface area (Å²) in [6, 6.07) is 34.8. The third kappa shape index (κ3) is 11.6. The van der Waals surface area contributed by atoms with Gasteiger partial charge in [-0.25, -0.2) is 0 Å². The van der Waals surface area contributed by atoms with Gasteiger partial charge < -0.3 is 5.32 Å². The fourth-order valence-corrected chi connectivity index (χ4v) is 6.59. The Balaban J connectivity index is 0.000000143. The summed E-state index contributed by atoms with van der Waals surface area (Å²) in [7, 11) is 0. The van der Waals surface area contributed by atoms with Gasteiger partial charge in [0, 0.05) is 53.7 Å². The summed E-state index contributed by atoms with van der Waals surface area (Å²) in [5.41, 5.74) is 10.6. The zero-order valence-electron chi connectivity index (χ0n) is 36.1. The van der Waals surface area contributed by atoms with E-state index in [2.05, 4.69) is 188 Å². The standard InChI is InChI=1S/C13H19N.3C13H15N/c2*1-13(2,3)12-5-4-11-9-14-7-6-10(11)8-12;1-13(2,3)12-5-4-10-6-7-14-9-11(10)8-12;1-13(2,3)11-6-7-12-10(9-11)5-4-8-14-12/h4-5,8,14H,6-7,9H2,1-3H3;3*4-9H,1-3H3. The Kier molecular flexibility index (Phi) is 13.2. The van der Waals surface area contributed by atoms with Crippen LogP contribution in [0, 0.1) is 0 Å². The van der Waals surface area contributed by atoms with Crippen molar-refractivity contribution in [3.8, 4) is 0 Å². The van der Waals surface area contributed by atoms with E-state index >= 15 is 0 Å². The number of aromatic nitrogens is 3. The number of nitrogens with zero attached hydrogens (tertiary/aromatic N) is 3. The summed E-state index contributed by atoms with van der Waals surface area (Å²) in [4.78, 5) is 12.5. The molecule has 7 aromatic rings. The van der Waals surface area contributed by atoms with Crippen LogP contribution in [0.5, 0.6) is 0 Å². The molecule has 1 aliphatic rings. The highest BCUT2D eigenvalue weighted by atomic mass is 14.9. The van der Waals surface area contributed by atoms with E-state index in [0.29, 0.717) is 0 Å². The Labute approximate surface area is 337 Å². The molecule has 0 radical (unpaired) electrons. The molecule has 4 nitrogen and oxygen atoms in total. The lowest BCUT2D eigenvalue weighted by Crippen LogP contribution is -2.24. The Morgan fingerprint density at radius 3 is 1.55 bits per heavy atom. The number of nitrogens with one attached hydrogen (secondary N) is 1. The van der Waals surface area contributed by atoms with Gasteiger partial charge in [0.15, 0.2) is 0 Å². The second kappa shape index (κ2) is 17.5. The predicted molar refractivity (Wildman–Crippen MR) is 242 cm³/mol. The van der Waals surface area contributed by atoms with Crippen molar-refractivity contribution in [1.82, 2.24) is 20.3 Å². The third-order valence-electron chi connectivity index (χ3n) is 10.4. The lowest BCUT2D eigenvalue weighted by atomic mass is 9.84. The van der Waals surface area contributed by atoms with E-state index in [9.17, 15) is 0 Å². The maximum atomic E-state index is 4.30. The highest BCUT2D eigenvalue weighted by Crippen LogP contribution is 2.28. The molecule has 0 fully saturated rings. The van der Waals surface area contributed by atoms with Gasteiger partial charge in [0.1, 0.15) is 0 Å². The molecule has 0 unspecified atom stereocenters. The highest BCUT2D eigenvalue weighted by Gasteiger charge is 2.17. The molecule has 0 atom stereocenters. The smallest absolute Gasteiger partial charge is 0.0702 e. The fourth-order valence-electron chi connectivity index (χ4n) is 6.59. The van der Waals surface area contributed by atoms with Crippen LogP contribution in [0.3, 0.4) is 0 Å². The first-order chi connectivity index (χ1) is 26.3. The molecule has 0 saturated carbocycles. The van der Waals surface area contributed by atoms with Gasteiger partial charge in [-0.3, -0.25) is 15.0 Å². The molecule has 0 spiro atoms. The number of pyridine rings is 3. The molecule has 0 saturated heterocycles. The van der Waals surface area contributed by atoms with Crippen LogP contribution >= 0.6 is 0 Å². The molecular formula is C52H64N4. The van der Waals surface area contributed by atoms with Crippen LogP contribution in [0.4, 0.5) is 0 Å². The van der Waals surface area contributed by atoms with Gasteiger partial charge >= 0.3 is 0 Å². The van der Waals surface area contributed by atoms with Crippen molar-refractivity contribution in [3.05, 3.63) is 161 Å². The zero-order valence-corrected chi connectivity index (χ0v) is 36.1. The lowest BCUT2D eigenvalue weighted by molar-refractivity contribution is 0.583. The normalized spacial score (nSPS) is 13.1. The molecular weight excluding hydrogens is 681 g/mol. The Morgan fingerprint density at radius 1 is 0.429 bits per heavy atom. The zero-order chi connectivity index (χ0) is 40.7. The summed E-state index contributed by atoms with van der Waals surface area (Å²) in [5.74, 6) is 0. The molecule has 292 valence electrons. The molecule has 4 heteroatoms. The highest BCUT2D eigenvalue weighted by molar-refractivity contribution is 5.83. The third-order valence-corrected chi connectivity index (χ3v) is 10.4. The van der Waals surface area contributed by atoms with Crippen molar-refractivity contribution in [3.63, 3.8) is 0 Å². The molecule has 0 bridgehead atoms. The van der Waals surface area contributed by atoms with Crippen molar-refractivity contribution in [1.29, 1.82) is 0 Å². The molecule has 4 heterocycles. The van der Waals surface area contributed by atoms with Gasteiger partial charge in [-0.15, -0.1) is 0 Å². The average Bonchev–Trinajstić information content (AvgIpc) is 3.16. The van der Waals surface area contributed by atoms with E-state index in [1.807, 2.05) is 43.1 Å². The van der Waals surface area contributed by atoms with Crippen molar-refractivity contribution in [2.45, 2.75) is 118 Å². The number of benzene rings is 4. The maximum Gasteiger partial charge on any atom is 0.0702 e. The van der Waals surface area contributed by atoms with Gasteiger partial charge in [-0.2, -0.15) is 0 Å². The van der Waals surface area contributed by atoms with E-state index < -0.39 is 0 Å². The van der Waals surface area contributed by atoms with E-state index in [4.69, 9.17) is 0 Å². The summed E-state index contributed by atoms with van der Waals surface area (Å²) in [5, 5.41) is 9.58. The van der Waals surface area contributed by atoms with Crippen LogP contribution in [0.15, 0.2) is 128 Å². The van der Waals surface area contributed by atoms with E-state index in [1.165, 1.54) is 66.7 Å². The molecule has 0 aliphatic carbocycles. The van der Waals surface area contributed by atoms with Crippen molar-refractivity contribution >= 4 is 32.4 Å². The number of hydrogen-bond donors (Lipinski definition) is 1. The van der Waals surface area contributed by atoms with E-state index in [0.717, 1.165) is 18.6 Å². The first-order valence-electron chi connectivity index (χ1n) is 20.2. The topological polar surface area (TPSA) is 50.7 Å². The van der Waals surface area contributed by atoms with Crippen LogP contribution in [0.1, 0.15) is 116 Å². The van der Waals surface area contributed by atoms with Gasteiger partial charge in [0.25, 0.3) is 0 Å². The van der Waals surface area contributed by atoms with Crippen LogP contribution in [0.2, 0.25) is 0 Å². The fraction of sp³-hybridized carbons (Fsp3) is 0.365. The van der Waals surface area contributed by atoms with E-state index in [-0.39, 0.29) is 21.7 Å². The number of fused-ring (bicyclic) bond motifs is 4. The minimum absolute atomic E-state index is 0.212. The summed E-state index contributed by atoms with van der Waals surface area (Å²) >= 11 is 0. The van der Waals surface area contributed by atoms with Crippen LogP contribution in [-0.4, -0.2) is 21.5 Å². The molecule has 1 N–H and O–H groups in total.